The van der Waals surface area contributed by atoms with E-state index in [1.807, 2.05) is 48.5 Å². The maximum atomic E-state index is 12.7. The summed E-state index contributed by atoms with van der Waals surface area (Å²) in [6.07, 6.45) is -2.56. The van der Waals surface area contributed by atoms with E-state index in [4.69, 9.17) is 4.84 Å². The molecule has 0 spiro atoms. The summed E-state index contributed by atoms with van der Waals surface area (Å²) in [6, 6.07) is 18.5. The number of nitrogens with one attached hydrogen (secondary N) is 1. The van der Waals surface area contributed by atoms with Gasteiger partial charge in [0, 0.05) is 17.1 Å². The third kappa shape index (κ3) is 5.55. The molecular weight excluding hydrogens is 343 g/mol. The van der Waals surface area contributed by atoms with Crippen molar-refractivity contribution in [3.8, 4) is 0 Å². The second-order valence-electron chi connectivity index (χ2n) is 5.07. The van der Waals surface area contributed by atoms with Crippen molar-refractivity contribution in [3.63, 3.8) is 0 Å². The molecule has 0 saturated carbocycles. The van der Waals surface area contributed by atoms with Crippen molar-refractivity contribution in [1.82, 2.24) is 5.32 Å². The van der Waals surface area contributed by atoms with E-state index in [-0.39, 0.29) is 12.0 Å². The zero-order valence-corrected chi connectivity index (χ0v) is 15.2. The van der Waals surface area contributed by atoms with Gasteiger partial charge in [-0.3, -0.25) is 4.79 Å². The molecule has 1 N–H and O–H groups in total. The molecule has 2 aromatic rings. The van der Waals surface area contributed by atoms with Gasteiger partial charge in [0.25, 0.3) is 5.91 Å². The topological polar surface area (TPSA) is 67.8 Å². The maximum absolute atomic E-state index is 12.7. The molecule has 2 rings (SSSR count). The first-order valence-electron chi connectivity index (χ1n) is 7.28. The summed E-state index contributed by atoms with van der Waals surface area (Å²) in [5.74, 6) is -0.418. The van der Waals surface area contributed by atoms with E-state index < -0.39 is 12.3 Å². The van der Waals surface area contributed by atoms with E-state index in [2.05, 4.69) is 10.5 Å². The minimum Gasteiger partial charge on any atom is -0.398 e. The molecule has 1 unspecified atom stereocenters. The molecular formula is C17H19N2O3PS. The Kier molecular flexibility index (Phi) is 6.64. The highest BCUT2D eigenvalue weighted by Gasteiger charge is 2.21. The van der Waals surface area contributed by atoms with Crippen LogP contribution >= 0.6 is 17.7 Å². The molecule has 0 aromatic heterocycles. The van der Waals surface area contributed by atoms with Gasteiger partial charge in [-0.25, -0.2) is 0 Å². The van der Waals surface area contributed by atoms with Gasteiger partial charge in [0.1, 0.15) is 7.11 Å². The fraction of sp³-hybridized carbons (Fsp3) is 0.176. The monoisotopic (exact) mass is 362 g/mol. The smallest absolute Gasteiger partial charge is 0.274 e. The summed E-state index contributed by atoms with van der Waals surface area (Å²) >= 11 is 1.28. The predicted octanol–water partition coefficient (Wildman–Crippen LogP) is 3.81. The van der Waals surface area contributed by atoms with Gasteiger partial charge >= 0.3 is 0 Å². The van der Waals surface area contributed by atoms with Crippen LogP contribution < -0.4 is 5.32 Å². The van der Waals surface area contributed by atoms with Crippen molar-refractivity contribution in [2.75, 3.05) is 20.1 Å². The quantitative estimate of drug-likeness (QED) is 0.462. The lowest BCUT2D eigenvalue weighted by Crippen LogP contribution is -2.32. The van der Waals surface area contributed by atoms with Crippen LogP contribution in [0.15, 0.2) is 70.7 Å². The lowest BCUT2D eigenvalue weighted by molar-refractivity contribution is -0.114. The summed E-state index contributed by atoms with van der Waals surface area (Å²) in [7, 11) is 1.38. The van der Waals surface area contributed by atoms with Gasteiger partial charge in [0.15, 0.2) is 12.1 Å². The standard InChI is InChI=1S/C17H19N2O3PS/c1-22-19-16(14-9-5-3-6-10-14)17(20)18-13-23(2,21)24-15-11-7-4-8-12-15/h3-12H,13H2,1-2H3,(H,18,20). The number of amides is 1. The van der Waals surface area contributed by atoms with Crippen molar-refractivity contribution in [1.29, 1.82) is 0 Å². The van der Waals surface area contributed by atoms with E-state index in [9.17, 15) is 9.36 Å². The van der Waals surface area contributed by atoms with E-state index in [1.54, 1.807) is 18.8 Å². The van der Waals surface area contributed by atoms with E-state index in [1.165, 1.54) is 18.5 Å². The second-order valence-corrected chi connectivity index (χ2v) is 10.9. The van der Waals surface area contributed by atoms with Crippen LogP contribution in [0.25, 0.3) is 0 Å². The van der Waals surface area contributed by atoms with Gasteiger partial charge in [0.05, 0.1) is 6.29 Å². The van der Waals surface area contributed by atoms with Crippen LogP contribution in [0.2, 0.25) is 0 Å². The Balaban J connectivity index is 2.02. The van der Waals surface area contributed by atoms with Crippen LogP contribution in [-0.4, -0.2) is 31.7 Å². The molecule has 0 bridgehead atoms. The first kappa shape index (κ1) is 18.3. The van der Waals surface area contributed by atoms with Crippen LogP contribution in [0.3, 0.4) is 0 Å². The molecule has 0 aliphatic heterocycles. The Morgan fingerprint density at radius 2 is 1.71 bits per heavy atom. The molecule has 0 aliphatic rings. The van der Waals surface area contributed by atoms with Crippen LogP contribution in [0, 0.1) is 0 Å². The van der Waals surface area contributed by atoms with Gasteiger partial charge in [-0.1, -0.05) is 65.1 Å². The summed E-state index contributed by atoms with van der Waals surface area (Å²) in [5, 5.41) is 6.48. The molecule has 0 aliphatic carbocycles. The van der Waals surface area contributed by atoms with Crippen molar-refractivity contribution in [2.45, 2.75) is 4.90 Å². The van der Waals surface area contributed by atoms with Crippen molar-refractivity contribution in [3.05, 3.63) is 66.2 Å². The number of oxime groups is 1. The summed E-state index contributed by atoms with van der Waals surface area (Å²) in [6.45, 7) is 1.65. The van der Waals surface area contributed by atoms with E-state index >= 15 is 0 Å². The fourth-order valence-electron chi connectivity index (χ4n) is 1.95. The molecule has 2 aromatic carbocycles. The second kappa shape index (κ2) is 8.71. The molecule has 0 saturated heterocycles. The number of carbonyl (C=O) groups is 1. The van der Waals surface area contributed by atoms with Crippen LogP contribution in [-0.2, 0) is 14.2 Å². The number of nitrogens with zero attached hydrogens (tertiary/aromatic N) is 1. The average molecular weight is 362 g/mol. The molecule has 0 heterocycles. The molecule has 1 amide bonds. The fourth-order valence-corrected chi connectivity index (χ4v) is 5.26. The van der Waals surface area contributed by atoms with Crippen molar-refractivity contribution < 1.29 is 14.2 Å². The third-order valence-corrected chi connectivity index (χ3v) is 6.79. The first-order valence-corrected chi connectivity index (χ1v) is 11.0. The van der Waals surface area contributed by atoms with E-state index in [0.29, 0.717) is 5.56 Å². The molecule has 1 atom stereocenters. The summed E-state index contributed by atoms with van der Waals surface area (Å²) in [4.78, 5) is 18.0. The third-order valence-electron chi connectivity index (χ3n) is 3.01. The number of hydrogen-bond acceptors (Lipinski definition) is 5. The van der Waals surface area contributed by atoms with Gasteiger partial charge in [-0.2, -0.15) is 0 Å². The molecule has 0 fully saturated rings. The van der Waals surface area contributed by atoms with Crippen molar-refractivity contribution in [2.24, 2.45) is 5.16 Å². The zero-order valence-electron chi connectivity index (χ0n) is 13.5. The lowest BCUT2D eigenvalue weighted by atomic mass is 10.1. The number of hydrogen-bond donors (Lipinski definition) is 1. The van der Waals surface area contributed by atoms with Gasteiger partial charge in [-0.15, -0.1) is 0 Å². The minimum atomic E-state index is -2.63. The van der Waals surface area contributed by atoms with Gasteiger partial charge in [-0.05, 0) is 12.1 Å². The zero-order chi connectivity index (χ0) is 17.4. The molecule has 5 nitrogen and oxygen atoms in total. The predicted molar refractivity (Wildman–Crippen MR) is 98.8 cm³/mol. The Labute approximate surface area is 145 Å². The Bertz CT molecular complexity index is 751. The molecule has 0 radical (unpaired) electrons. The SMILES string of the molecule is CON=C(C(=O)NCP(C)(=O)Sc1ccccc1)c1ccccc1. The van der Waals surface area contributed by atoms with E-state index in [0.717, 1.165) is 4.90 Å². The number of rotatable bonds is 7. The Morgan fingerprint density at radius 3 is 2.29 bits per heavy atom. The average Bonchev–Trinajstić information content (AvgIpc) is 2.59. The number of benzene rings is 2. The molecule has 24 heavy (non-hydrogen) atoms. The van der Waals surface area contributed by atoms with Crippen molar-refractivity contribution >= 4 is 29.3 Å². The largest absolute Gasteiger partial charge is 0.398 e. The molecule has 126 valence electrons. The highest BCUT2D eigenvalue weighted by atomic mass is 32.7. The lowest BCUT2D eigenvalue weighted by Gasteiger charge is -2.14. The van der Waals surface area contributed by atoms with Crippen LogP contribution in [0.4, 0.5) is 0 Å². The highest BCUT2D eigenvalue weighted by Crippen LogP contribution is 2.57. The number of carbonyl (C=O) groups excluding carboxylic acids is 1. The van der Waals surface area contributed by atoms with Crippen LogP contribution in [0.5, 0.6) is 0 Å². The first-order chi connectivity index (χ1) is 11.5. The van der Waals surface area contributed by atoms with Crippen LogP contribution in [0.1, 0.15) is 5.56 Å². The maximum Gasteiger partial charge on any atom is 0.274 e. The highest BCUT2D eigenvalue weighted by molar-refractivity contribution is 8.57. The minimum absolute atomic E-state index is 0.0704. The Morgan fingerprint density at radius 1 is 1.12 bits per heavy atom. The van der Waals surface area contributed by atoms with Gasteiger partial charge < -0.3 is 14.7 Å². The summed E-state index contributed by atoms with van der Waals surface area (Å²) in [5.41, 5.74) is 0.793. The van der Waals surface area contributed by atoms with Gasteiger partial charge in [0.2, 0.25) is 0 Å². The normalized spacial score (nSPS) is 13.8. The molecule has 7 heteroatoms. The summed E-state index contributed by atoms with van der Waals surface area (Å²) < 4.78 is 12.7. The Hall–Kier alpha value is -2.04.